The first-order valence-corrected chi connectivity index (χ1v) is 10.4. The van der Waals surface area contributed by atoms with Crippen molar-refractivity contribution in [3.05, 3.63) is 78.9 Å². The van der Waals surface area contributed by atoms with Gasteiger partial charge >= 0.3 is 17.9 Å². The standard InChI is InChI=1S/C25H26O9/c1-3-23(27)32-16-15-31-21-9-11-22(12-10-21)34-25(29)19-5-7-20(8-6-19)30-13-4-14-33-24(28)18(2)17-26/h3,5-12,26H,1-2,4,13-17H2. The third kappa shape index (κ3) is 9.17. The van der Waals surface area contributed by atoms with Crippen LogP contribution >= 0.6 is 0 Å². The minimum absolute atomic E-state index is 0.00331. The van der Waals surface area contributed by atoms with Crippen LogP contribution in [0.3, 0.4) is 0 Å². The minimum atomic E-state index is -0.640. The maximum Gasteiger partial charge on any atom is 0.343 e. The Bertz CT molecular complexity index is 978. The van der Waals surface area contributed by atoms with Gasteiger partial charge in [-0.05, 0) is 48.5 Å². The molecule has 0 radical (unpaired) electrons. The molecule has 9 heteroatoms. The molecule has 0 spiro atoms. The molecule has 0 heterocycles. The first-order chi connectivity index (χ1) is 16.4. The fourth-order valence-electron chi connectivity index (χ4n) is 2.40. The van der Waals surface area contributed by atoms with E-state index in [1.165, 1.54) is 0 Å². The highest BCUT2D eigenvalue weighted by Gasteiger charge is 2.10. The zero-order chi connectivity index (χ0) is 24.8. The maximum absolute atomic E-state index is 12.3. The van der Waals surface area contributed by atoms with Gasteiger partial charge in [0.25, 0.3) is 0 Å². The fourth-order valence-corrected chi connectivity index (χ4v) is 2.40. The lowest BCUT2D eigenvalue weighted by Gasteiger charge is -2.09. The van der Waals surface area contributed by atoms with E-state index in [1.807, 2.05) is 0 Å². The van der Waals surface area contributed by atoms with Crippen LogP contribution in [0.2, 0.25) is 0 Å². The lowest BCUT2D eigenvalue weighted by Crippen LogP contribution is -2.12. The first kappa shape index (κ1) is 26.1. The van der Waals surface area contributed by atoms with Crippen molar-refractivity contribution < 1.29 is 43.2 Å². The first-order valence-electron chi connectivity index (χ1n) is 10.4. The average Bonchev–Trinajstić information content (AvgIpc) is 2.86. The highest BCUT2D eigenvalue weighted by atomic mass is 16.6. The van der Waals surface area contributed by atoms with Gasteiger partial charge in [-0.3, -0.25) is 0 Å². The summed E-state index contributed by atoms with van der Waals surface area (Å²) in [4.78, 5) is 34.6. The molecule has 0 fully saturated rings. The zero-order valence-electron chi connectivity index (χ0n) is 18.6. The van der Waals surface area contributed by atoms with Crippen molar-refractivity contribution in [2.24, 2.45) is 0 Å². The number of carbonyl (C=O) groups excluding carboxylic acids is 3. The molecule has 34 heavy (non-hydrogen) atoms. The Morgan fingerprint density at radius 1 is 0.794 bits per heavy atom. The summed E-state index contributed by atoms with van der Waals surface area (Å²) >= 11 is 0. The molecule has 9 nitrogen and oxygen atoms in total. The minimum Gasteiger partial charge on any atom is -0.493 e. The van der Waals surface area contributed by atoms with E-state index in [1.54, 1.807) is 48.5 Å². The van der Waals surface area contributed by atoms with Gasteiger partial charge in [0.2, 0.25) is 0 Å². The fraction of sp³-hybridized carbons (Fsp3) is 0.240. The monoisotopic (exact) mass is 470 g/mol. The van der Waals surface area contributed by atoms with Gasteiger partial charge in [-0.15, -0.1) is 0 Å². The second-order valence-electron chi connectivity index (χ2n) is 6.70. The molecule has 0 aromatic heterocycles. The highest BCUT2D eigenvalue weighted by molar-refractivity contribution is 5.91. The van der Waals surface area contributed by atoms with Crippen LogP contribution in [0.5, 0.6) is 17.2 Å². The maximum atomic E-state index is 12.3. The Morgan fingerprint density at radius 2 is 1.38 bits per heavy atom. The second-order valence-corrected chi connectivity index (χ2v) is 6.70. The summed E-state index contributed by atoms with van der Waals surface area (Å²) < 4.78 is 26.0. The van der Waals surface area contributed by atoms with E-state index in [0.29, 0.717) is 35.8 Å². The summed E-state index contributed by atoms with van der Waals surface area (Å²) in [5.41, 5.74) is 0.338. The van der Waals surface area contributed by atoms with Crippen molar-refractivity contribution in [2.75, 3.05) is 33.0 Å². The van der Waals surface area contributed by atoms with Crippen LogP contribution in [-0.4, -0.2) is 56.0 Å². The summed E-state index contributed by atoms with van der Waals surface area (Å²) in [6, 6.07) is 12.8. The smallest absolute Gasteiger partial charge is 0.343 e. The van der Waals surface area contributed by atoms with E-state index in [2.05, 4.69) is 13.2 Å². The van der Waals surface area contributed by atoms with Crippen molar-refractivity contribution in [3.8, 4) is 17.2 Å². The molecule has 0 atom stereocenters. The average molecular weight is 470 g/mol. The van der Waals surface area contributed by atoms with Crippen LogP contribution in [-0.2, 0) is 19.1 Å². The van der Waals surface area contributed by atoms with Crippen LogP contribution in [0.1, 0.15) is 16.8 Å². The Hall–Kier alpha value is -4.11. The predicted molar refractivity (Wildman–Crippen MR) is 122 cm³/mol. The Balaban J connectivity index is 1.71. The SMILES string of the molecule is C=CC(=O)OCCOc1ccc(OC(=O)c2ccc(OCCCOC(=O)C(=C)CO)cc2)cc1. The number of carbonyl (C=O) groups is 3. The molecule has 0 saturated heterocycles. The van der Waals surface area contributed by atoms with Crippen LogP contribution in [0.25, 0.3) is 0 Å². The van der Waals surface area contributed by atoms with E-state index in [0.717, 1.165) is 6.08 Å². The van der Waals surface area contributed by atoms with Gasteiger partial charge in [-0.2, -0.15) is 0 Å². The topological polar surface area (TPSA) is 118 Å². The van der Waals surface area contributed by atoms with Gasteiger partial charge in [-0.1, -0.05) is 13.2 Å². The Morgan fingerprint density at radius 3 is 2.00 bits per heavy atom. The molecule has 0 aliphatic rings. The third-order valence-corrected chi connectivity index (χ3v) is 4.16. The van der Waals surface area contributed by atoms with Gasteiger partial charge in [0, 0.05) is 12.5 Å². The van der Waals surface area contributed by atoms with Crippen molar-refractivity contribution in [2.45, 2.75) is 6.42 Å². The molecule has 1 N–H and O–H groups in total. The highest BCUT2D eigenvalue weighted by Crippen LogP contribution is 2.20. The molecule has 0 saturated carbocycles. The zero-order valence-corrected chi connectivity index (χ0v) is 18.6. The summed E-state index contributed by atoms with van der Waals surface area (Å²) in [5.74, 6) is -0.275. The molecule has 2 aromatic rings. The second kappa shape index (κ2) is 14.1. The van der Waals surface area contributed by atoms with Crippen molar-refractivity contribution >= 4 is 17.9 Å². The summed E-state index contributed by atoms with van der Waals surface area (Å²) in [7, 11) is 0. The molecule has 0 unspecified atom stereocenters. The van der Waals surface area contributed by atoms with Crippen molar-refractivity contribution in [3.63, 3.8) is 0 Å². The van der Waals surface area contributed by atoms with E-state index < -0.39 is 24.5 Å². The van der Waals surface area contributed by atoms with Gasteiger partial charge in [0.1, 0.15) is 30.5 Å². The van der Waals surface area contributed by atoms with Gasteiger partial charge in [0.05, 0.1) is 31.0 Å². The number of benzene rings is 2. The lowest BCUT2D eigenvalue weighted by molar-refractivity contribution is -0.140. The molecule has 0 aliphatic heterocycles. The molecule has 0 amide bonds. The Kier molecular flexibility index (Phi) is 10.9. The van der Waals surface area contributed by atoms with E-state index in [-0.39, 0.29) is 25.4 Å². The quantitative estimate of drug-likeness (QED) is 0.192. The number of hydrogen-bond donors (Lipinski definition) is 1. The lowest BCUT2D eigenvalue weighted by atomic mass is 10.2. The van der Waals surface area contributed by atoms with Crippen LogP contribution in [0, 0.1) is 0 Å². The molecular formula is C25H26O9. The number of rotatable bonds is 14. The van der Waals surface area contributed by atoms with Crippen LogP contribution in [0.4, 0.5) is 0 Å². The Labute approximate surface area is 197 Å². The number of hydrogen-bond acceptors (Lipinski definition) is 9. The number of ether oxygens (including phenoxy) is 5. The molecule has 180 valence electrons. The number of aliphatic hydroxyl groups is 1. The predicted octanol–water partition coefficient (Wildman–Crippen LogP) is 2.87. The summed E-state index contributed by atoms with van der Waals surface area (Å²) in [6.45, 7) is 6.94. The molecule has 2 rings (SSSR count). The molecule has 0 aliphatic carbocycles. The van der Waals surface area contributed by atoms with Crippen LogP contribution < -0.4 is 14.2 Å². The van der Waals surface area contributed by atoms with Gasteiger partial charge in [-0.25, -0.2) is 14.4 Å². The number of esters is 3. The van der Waals surface area contributed by atoms with Gasteiger partial charge < -0.3 is 28.8 Å². The summed E-state index contributed by atoms with van der Waals surface area (Å²) in [5, 5.41) is 8.79. The summed E-state index contributed by atoms with van der Waals surface area (Å²) in [6.07, 6.45) is 1.53. The normalized spacial score (nSPS) is 10.0. The van der Waals surface area contributed by atoms with E-state index in [9.17, 15) is 14.4 Å². The molecule has 2 aromatic carbocycles. The van der Waals surface area contributed by atoms with Crippen LogP contribution in [0.15, 0.2) is 73.3 Å². The van der Waals surface area contributed by atoms with E-state index in [4.69, 9.17) is 28.8 Å². The third-order valence-electron chi connectivity index (χ3n) is 4.16. The molecular weight excluding hydrogens is 444 g/mol. The van der Waals surface area contributed by atoms with Crippen molar-refractivity contribution in [1.29, 1.82) is 0 Å². The van der Waals surface area contributed by atoms with Crippen molar-refractivity contribution in [1.82, 2.24) is 0 Å². The molecule has 0 bridgehead atoms. The van der Waals surface area contributed by atoms with E-state index >= 15 is 0 Å². The number of aliphatic hydroxyl groups excluding tert-OH is 1. The van der Waals surface area contributed by atoms with Gasteiger partial charge in [0.15, 0.2) is 0 Å². The largest absolute Gasteiger partial charge is 0.493 e.